The smallest absolute Gasteiger partial charge is 0.237 e. The highest BCUT2D eigenvalue weighted by Crippen LogP contribution is 2.39. The average Bonchev–Trinajstić information content (AvgIpc) is 3.57. The first-order valence-corrected chi connectivity index (χ1v) is 14.7. The van der Waals surface area contributed by atoms with Gasteiger partial charge in [0.1, 0.15) is 6.23 Å². The molecule has 5 aliphatic rings. The van der Waals surface area contributed by atoms with Crippen LogP contribution >= 0.6 is 0 Å². The maximum atomic E-state index is 12.5. The van der Waals surface area contributed by atoms with Gasteiger partial charge in [-0.15, -0.1) is 0 Å². The van der Waals surface area contributed by atoms with Crippen molar-refractivity contribution in [2.24, 2.45) is 29.1 Å². The van der Waals surface area contributed by atoms with Crippen LogP contribution in [0.25, 0.3) is 0 Å². The molecule has 210 valence electrons. The van der Waals surface area contributed by atoms with Crippen molar-refractivity contribution >= 4 is 11.8 Å². The Kier molecular flexibility index (Phi) is 9.04. The molecule has 5 rings (SSSR count). The van der Waals surface area contributed by atoms with E-state index in [2.05, 4.69) is 46.1 Å². The lowest BCUT2D eigenvalue weighted by Crippen LogP contribution is -2.65. The van der Waals surface area contributed by atoms with E-state index in [0.29, 0.717) is 36.8 Å². The molecule has 3 saturated heterocycles. The molecule has 2 aliphatic carbocycles. The Labute approximate surface area is 221 Å². The molecule has 0 aromatic carbocycles. The largest absolute Gasteiger partial charge is 0.378 e. The fourth-order valence-corrected chi connectivity index (χ4v) is 7.03. The molecule has 6 N–H and O–H groups in total. The van der Waals surface area contributed by atoms with Crippen LogP contribution in [0.4, 0.5) is 0 Å². The summed E-state index contributed by atoms with van der Waals surface area (Å²) in [6, 6.07) is 0. The second kappa shape index (κ2) is 12.3. The van der Waals surface area contributed by atoms with Crippen LogP contribution in [0.3, 0.4) is 0 Å². The van der Waals surface area contributed by atoms with Gasteiger partial charge in [-0.05, 0) is 68.6 Å². The molecular formula is C27H48N6O4. The number of hydrogen-bond donors (Lipinski definition) is 6. The Bertz CT molecular complexity index is 797. The molecule has 2 saturated carbocycles. The predicted molar refractivity (Wildman–Crippen MR) is 139 cm³/mol. The molecule has 0 radical (unpaired) electrons. The number of fused-ring (bicyclic) bond motifs is 2. The van der Waals surface area contributed by atoms with Gasteiger partial charge in [-0.2, -0.15) is 5.48 Å². The van der Waals surface area contributed by atoms with Crippen molar-refractivity contribution in [3.63, 3.8) is 0 Å². The highest BCUT2D eigenvalue weighted by atomic mass is 16.7. The molecule has 3 heterocycles. The van der Waals surface area contributed by atoms with E-state index in [1.54, 1.807) is 0 Å². The van der Waals surface area contributed by atoms with E-state index < -0.39 is 0 Å². The third-order valence-corrected chi connectivity index (χ3v) is 9.32. The summed E-state index contributed by atoms with van der Waals surface area (Å²) in [6.45, 7) is 6.61. The van der Waals surface area contributed by atoms with Crippen molar-refractivity contribution in [1.29, 1.82) is 0 Å². The number of hydrazine groups is 1. The second-order valence-electron chi connectivity index (χ2n) is 12.8. The first-order valence-electron chi connectivity index (χ1n) is 14.7. The average molecular weight is 521 g/mol. The minimum atomic E-state index is -0.0976. The molecule has 3 aliphatic heterocycles. The van der Waals surface area contributed by atoms with Gasteiger partial charge >= 0.3 is 0 Å². The van der Waals surface area contributed by atoms with Gasteiger partial charge in [0, 0.05) is 38.0 Å². The maximum absolute atomic E-state index is 12.5. The molecule has 2 amide bonds. The Morgan fingerprint density at radius 3 is 2.84 bits per heavy atom. The number of hydroxylamine groups is 1. The molecule has 0 spiro atoms. The van der Waals surface area contributed by atoms with Crippen molar-refractivity contribution in [2.45, 2.75) is 109 Å². The molecule has 0 aromatic heterocycles. The Morgan fingerprint density at radius 1 is 1.08 bits per heavy atom. The molecule has 8 unspecified atom stereocenters. The van der Waals surface area contributed by atoms with Crippen LogP contribution in [0.5, 0.6) is 0 Å². The predicted octanol–water partition coefficient (Wildman–Crippen LogP) is 1.64. The lowest BCUT2D eigenvalue weighted by Gasteiger charge is -2.42. The SMILES string of the molecule is CC(C)(CNC(=O)CCCC1NC(C2CCC3OCCC3C2)NO1)CNC1NNC(=O)C2CCCCC12. The zero-order valence-electron chi connectivity index (χ0n) is 22.7. The van der Waals surface area contributed by atoms with Crippen LogP contribution in [-0.2, 0) is 19.2 Å². The van der Waals surface area contributed by atoms with Gasteiger partial charge in [0.2, 0.25) is 11.8 Å². The summed E-state index contributed by atoms with van der Waals surface area (Å²) in [5.41, 5.74) is 9.13. The molecule has 5 fully saturated rings. The normalized spacial score (nSPS) is 38.1. The summed E-state index contributed by atoms with van der Waals surface area (Å²) in [6.07, 6.45) is 11.9. The topological polar surface area (TPSA) is 125 Å². The van der Waals surface area contributed by atoms with E-state index in [4.69, 9.17) is 9.57 Å². The number of ether oxygens (including phenoxy) is 1. The Morgan fingerprint density at radius 2 is 1.95 bits per heavy atom. The lowest BCUT2D eigenvalue weighted by molar-refractivity contribution is -0.134. The first kappa shape index (κ1) is 27.3. The molecule has 0 aromatic rings. The molecule has 10 nitrogen and oxygen atoms in total. The molecule has 0 bridgehead atoms. The highest BCUT2D eigenvalue weighted by Gasteiger charge is 2.41. The van der Waals surface area contributed by atoms with Gasteiger partial charge in [0.25, 0.3) is 0 Å². The first-order chi connectivity index (χ1) is 17.9. The van der Waals surface area contributed by atoms with Crippen molar-refractivity contribution in [3.05, 3.63) is 0 Å². The third-order valence-electron chi connectivity index (χ3n) is 9.32. The molecule has 37 heavy (non-hydrogen) atoms. The fourth-order valence-electron chi connectivity index (χ4n) is 7.03. The minimum absolute atomic E-state index is 0.0388. The van der Waals surface area contributed by atoms with Gasteiger partial charge in [-0.25, -0.2) is 5.43 Å². The number of carbonyl (C=O) groups excluding carboxylic acids is 2. The lowest BCUT2D eigenvalue weighted by atomic mass is 9.76. The number of carbonyl (C=O) groups is 2. The van der Waals surface area contributed by atoms with Gasteiger partial charge in [-0.1, -0.05) is 26.7 Å². The molecule has 8 atom stereocenters. The highest BCUT2D eigenvalue weighted by molar-refractivity contribution is 5.79. The number of hydrogen-bond acceptors (Lipinski definition) is 8. The second-order valence-corrected chi connectivity index (χ2v) is 12.8. The summed E-state index contributed by atoms with van der Waals surface area (Å²) < 4.78 is 5.84. The van der Waals surface area contributed by atoms with Crippen LogP contribution in [0.15, 0.2) is 0 Å². The minimum Gasteiger partial charge on any atom is -0.378 e. The monoisotopic (exact) mass is 520 g/mol. The Balaban J connectivity index is 0.954. The van der Waals surface area contributed by atoms with E-state index in [-0.39, 0.29) is 41.7 Å². The van der Waals surface area contributed by atoms with E-state index in [1.807, 2.05) is 0 Å². The van der Waals surface area contributed by atoms with Crippen molar-refractivity contribution in [3.8, 4) is 0 Å². The zero-order chi connectivity index (χ0) is 25.8. The summed E-state index contributed by atoms with van der Waals surface area (Å²) in [5.74, 6) is 1.94. The van der Waals surface area contributed by atoms with Crippen molar-refractivity contribution in [1.82, 2.24) is 32.3 Å². The van der Waals surface area contributed by atoms with E-state index >= 15 is 0 Å². The summed E-state index contributed by atoms with van der Waals surface area (Å²) in [4.78, 5) is 30.5. The van der Waals surface area contributed by atoms with Gasteiger partial charge in [0.15, 0.2) is 0 Å². The number of nitrogens with one attached hydrogen (secondary N) is 6. The van der Waals surface area contributed by atoms with Crippen molar-refractivity contribution < 1.29 is 19.2 Å². The van der Waals surface area contributed by atoms with Crippen LogP contribution in [0.1, 0.15) is 84.5 Å². The third kappa shape index (κ3) is 7.02. The Hall–Kier alpha value is -1.30. The van der Waals surface area contributed by atoms with Crippen LogP contribution in [-0.4, -0.2) is 56.2 Å². The van der Waals surface area contributed by atoms with Crippen molar-refractivity contribution in [2.75, 3.05) is 19.7 Å². The fraction of sp³-hybridized carbons (Fsp3) is 0.926. The summed E-state index contributed by atoms with van der Waals surface area (Å²) in [5, 5.41) is 10.3. The summed E-state index contributed by atoms with van der Waals surface area (Å²) >= 11 is 0. The van der Waals surface area contributed by atoms with Gasteiger partial charge in [0.05, 0.1) is 18.4 Å². The van der Waals surface area contributed by atoms with Gasteiger partial charge in [-0.3, -0.25) is 30.5 Å². The van der Waals surface area contributed by atoms with Crippen LogP contribution < -0.4 is 32.3 Å². The molecular weight excluding hydrogens is 472 g/mol. The van der Waals surface area contributed by atoms with E-state index in [1.165, 1.54) is 25.7 Å². The van der Waals surface area contributed by atoms with E-state index in [0.717, 1.165) is 51.7 Å². The number of rotatable bonds is 10. The standard InChI is InChI=1S/C27H48N6O4/c1-27(2,16-29-25-19-6-3-4-7-20(19)26(35)32-31-25)15-28-22(34)8-5-9-23-30-24(33-37-23)18-10-11-21-17(14-18)12-13-36-21/h17-21,23-25,29-31,33H,3-16H2,1-2H3,(H,28,34)(H,32,35). The van der Waals surface area contributed by atoms with Gasteiger partial charge < -0.3 is 10.1 Å². The quantitative estimate of drug-likeness (QED) is 0.257. The zero-order valence-corrected chi connectivity index (χ0v) is 22.7. The van der Waals surface area contributed by atoms with E-state index in [9.17, 15) is 9.59 Å². The molecule has 10 heteroatoms. The summed E-state index contributed by atoms with van der Waals surface area (Å²) in [7, 11) is 0. The van der Waals surface area contributed by atoms with Crippen LogP contribution in [0.2, 0.25) is 0 Å². The van der Waals surface area contributed by atoms with Crippen LogP contribution in [0, 0.1) is 29.1 Å². The number of amides is 2. The maximum Gasteiger partial charge on any atom is 0.237 e.